The number of aromatic nitrogens is 3. The summed E-state index contributed by atoms with van der Waals surface area (Å²) < 4.78 is 7.32. The van der Waals surface area contributed by atoms with Gasteiger partial charge in [-0.3, -0.25) is 9.20 Å². The Morgan fingerprint density at radius 2 is 2.10 bits per heavy atom. The second-order valence-electron chi connectivity index (χ2n) is 7.19. The number of furan rings is 1. The minimum atomic E-state index is -0.0880. The second kappa shape index (κ2) is 8.79. The van der Waals surface area contributed by atoms with Crippen LogP contribution in [-0.2, 0) is 6.54 Å². The van der Waals surface area contributed by atoms with Crippen molar-refractivity contribution in [2.45, 2.75) is 6.54 Å². The predicted octanol–water partition coefficient (Wildman–Crippen LogP) is 2.89. The summed E-state index contributed by atoms with van der Waals surface area (Å²) in [4.78, 5) is 23.5. The molecule has 4 rings (SSSR count). The summed E-state index contributed by atoms with van der Waals surface area (Å²) in [5, 5.41) is 6.21. The fraction of sp³-hybridized carbons (Fsp3) is 0.227. The SMILES string of the molecule is CN(C)CCNC(=O)c1cccc(-c2cnc3c(NCc4ccco4)nccn23)c1. The van der Waals surface area contributed by atoms with E-state index in [9.17, 15) is 4.79 Å². The lowest BCUT2D eigenvalue weighted by Gasteiger charge is -2.11. The Hall–Kier alpha value is -3.65. The van der Waals surface area contributed by atoms with Crippen LogP contribution < -0.4 is 10.6 Å². The Balaban J connectivity index is 1.56. The molecule has 0 aliphatic heterocycles. The average Bonchev–Trinajstić information content (AvgIpc) is 3.42. The van der Waals surface area contributed by atoms with Gasteiger partial charge in [-0.05, 0) is 38.4 Å². The zero-order chi connectivity index (χ0) is 20.9. The Bertz CT molecular complexity index is 1130. The molecular weight excluding hydrogens is 380 g/mol. The van der Waals surface area contributed by atoms with E-state index in [-0.39, 0.29) is 5.91 Å². The van der Waals surface area contributed by atoms with E-state index >= 15 is 0 Å². The molecule has 8 heteroatoms. The van der Waals surface area contributed by atoms with Crippen molar-refractivity contribution in [3.05, 3.63) is 72.6 Å². The molecular formula is C22H24N6O2. The molecule has 0 radical (unpaired) electrons. The molecule has 154 valence electrons. The van der Waals surface area contributed by atoms with Crippen LogP contribution in [0.25, 0.3) is 16.9 Å². The Morgan fingerprint density at radius 3 is 2.90 bits per heavy atom. The maximum absolute atomic E-state index is 12.5. The molecule has 0 aliphatic rings. The van der Waals surface area contributed by atoms with Crippen molar-refractivity contribution in [2.75, 3.05) is 32.5 Å². The van der Waals surface area contributed by atoms with Gasteiger partial charge in [0.15, 0.2) is 11.5 Å². The summed E-state index contributed by atoms with van der Waals surface area (Å²) in [5.41, 5.74) is 3.12. The van der Waals surface area contributed by atoms with Gasteiger partial charge in [-0.1, -0.05) is 12.1 Å². The molecule has 1 aromatic carbocycles. The molecule has 0 aliphatic carbocycles. The third-order valence-electron chi connectivity index (χ3n) is 4.70. The number of rotatable bonds is 8. The first kappa shape index (κ1) is 19.7. The Kier molecular flexibility index (Phi) is 5.76. The first-order valence-electron chi connectivity index (χ1n) is 9.73. The number of fused-ring (bicyclic) bond motifs is 1. The van der Waals surface area contributed by atoms with Crippen molar-refractivity contribution in [1.29, 1.82) is 0 Å². The largest absolute Gasteiger partial charge is 0.467 e. The van der Waals surface area contributed by atoms with Gasteiger partial charge in [-0.2, -0.15) is 0 Å². The molecule has 4 aromatic rings. The normalized spacial score (nSPS) is 11.2. The van der Waals surface area contributed by atoms with Crippen LogP contribution in [0.2, 0.25) is 0 Å². The summed E-state index contributed by atoms with van der Waals surface area (Å²) in [5.74, 6) is 1.39. The van der Waals surface area contributed by atoms with Crippen LogP contribution in [0.1, 0.15) is 16.1 Å². The standard InChI is InChI=1S/C22H24N6O2/c1-27(2)10-8-24-22(29)17-6-3-5-16(13-17)19-15-26-21-20(23-9-11-28(19)21)25-14-18-7-4-12-30-18/h3-7,9,11-13,15H,8,10,14H2,1-2H3,(H,23,25)(H,24,29). The summed E-state index contributed by atoms with van der Waals surface area (Å²) in [6, 6.07) is 11.3. The van der Waals surface area contributed by atoms with E-state index in [0.717, 1.165) is 23.6 Å². The molecule has 0 unspecified atom stereocenters. The van der Waals surface area contributed by atoms with E-state index in [1.165, 1.54) is 0 Å². The number of amides is 1. The molecule has 8 nitrogen and oxygen atoms in total. The zero-order valence-corrected chi connectivity index (χ0v) is 17.0. The molecule has 0 spiro atoms. The molecule has 1 amide bonds. The maximum Gasteiger partial charge on any atom is 0.251 e. The number of carbonyl (C=O) groups is 1. The van der Waals surface area contributed by atoms with Crippen molar-refractivity contribution < 1.29 is 9.21 Å². The maximum atomic E-state index is 12.5. The smallest absolute Gasteiger partial charge is 0.251 e. The number of hydrogen-bond donors (Lipinski definition) is 2. The number of nitrogens with zero attached hydrogens (tertiary/aromatic N) is 4. The molecule has 0 atom stereocenters. The van der Waals surface area contributed by atoms with Crippen LogP contribution in [0.4, 0.5) is 5.82 Å². The number of hydrogen-bond acceptors (Lipinski definition) is 6. The summed E-state index contributed by atoms with van der Waals surface area (Å²) in [6.07, 6.45) is 7.01. The van der Waals surface area contributed by atoms with E-state index in [0.29, 0.717) is 30.1 Å². The molecule has 3 aromatic heterocycles. The van der Waals surface area contributed by atoms with Crippen molar-refractivity contribution in [3.8, 4) is 11.3 Å². The quantitative estimate of drug-likeness (QED) is 0.470. The van der Waals surface area contributed by atoms with Crippen LogP contribution in [-0.4, -0.2) is 52.4 Å². The number of carbonyl (C=O) groups excluding carboxylic acids is 1. The van der Waals surface area contributed by atoms with Gasteiger partial charge in [0.2, 0.25) is 0 Å². The highest BCUT2D eigenvalue weighted by Gasteiger charge is 2.13. The van der Waals surface area contributed by atoms with Crippen molar-refractivity contribution >= 4 is 17.4 Å². The molecule has 30 heavy (non-hydrogen) atoms. The minimum Gasteiger partial charge on any atom is -0.467 e. The van der Waals surface area contributed by atoms with Crippen molar-refractivity contribution in [3.63, 3.8) is 0 Å². The zero-order valence-electron chi connectivity index (χ0n) is 17.0. The third kappa shape index (κ3) is 4.33. The number of likely N-dealkylation sites (N-methyl/N-ethyl adjacent to an activating group) is 1. The van der Waals surface area contributed by atoms with Crippen molar-refractivity contribution in [2.24, 2.45) is 0 Å². The first-order chi connectivity index (χ1) is 14.6. The summed E-state index contributed by atoms with van der Waals surface area (Å²) in [6.45, 7) is 1.91. The number of imidazole rings is 1. The number of anilines is 1. The van der Waals surface area contributed by atoms with Crippen LogP contribution in [0, 0.1) is 0 Å². The highest BCUT2D eigenvalue weighted by Crippen LogP contribution is 2.24. The van der Waals surface area contributed by atoms with Gasteiger partial charge in [0.25, 0.3) is 5.91 Å². The number of benzene rings is 1. The first-order valence-corrected chi connectivity index (χ1v) is 9.73. The fourth-order valence-corrected chi connectivity index (χ4v) is 3.16. The average molecular weight is 404 g/mol. The van der Waals surface area contributed by atoms with E-state index in [4.69, 9.17) is 4.42 Å². The predicted molar refractivity (Wildman–Crippen MR) is 115 cm³/mol. The monoisotopic (exact) mass is 404 g/mol. The molecule has 0 saturated heterocycles. The molecule has 0 saturated carbocycles. The van der Waals surface area contributed by atoms with Crippen LogP contribution in [0.5, 0.6) is 0 Å². The number of nitrogens with one attached hydrogen (secondary N) is 2. The van der Waals surface area contributed by atoms with Gasteiger partial charge < -0.3 is 20.0 Å². The van der Waals surface area contributed by atoms with Crippen LogP contribution >= 0.6 is 0 Å². The van der Waals surface area contributed by atoms with E-state index in [2.05, 4.69) is 20.6 Å². The van der Waals surface area contributed by atoms with Crippen LogP contribution in [0.15, 0.2) is 65.7 Å². The van der Waals surface area contributed by atoms with Crippen molar-refractivity contribution in [1.82, 2.24) is 24.6 Å². The third-order valence-corrected chi connectivity index (χ3v) is 4.70. The molecule has 2 N–H and O–H groups in total. The van der Waals surface area contributed by atoms with Gasteiger partial charge >= 0.3 is 0 Å². The van der Waals surface area contributed by atoms with Gasteiger partial charge in [-0.25, -0.2) is 9.97 Å². The highest BCUT2D eigenvalue weighted by atomic mass is 16.3. The lowest BCUT2D eigenvalue weighted by Crippen LogP contribution is -2.31. The fourth-order valence-electron chi connectivity index (χ4n) is 3.16. The van der Waals surface area contributed by atoms with Gasteiger partial charge in [0.1, 0.15) is 5.76 Å². The summed E-state index contributed by atoms with van der Waals surface area (Å²) in [7, 11) is 3.95. The second-order valence-corrected chi connectivity index (χ2v) is 7.19. The van der Waals surface area contributed by atoms with Gasteiger partial charge in [0.05, 0.1) is 24.7 Å². The Labute approximate surface area is 174 Å². The van der Waals surface area contributed by atoms with Crippen LogP contribution in [0.3, 0.4) is 0 Å². The topological polar surface area (TPSA) is 87.7 Å². The van der Waals surface area contributed by atoms with Gasteiger partial charge in [-0.15, -0.1) is 0 Å². The van der Waals surface area contributed by atoms with E-state index in [1.807, 2.05) is 66.0 Å². The molecule has 3 heterocycles. The lowest BCUT2D eigenvalue weighted by atomic mass is 10.1. The Morgan fingerprint density at radius 1 is 1.20 bits per heavy atom. The minimum absolute atomic E-state index is 0.0880. The summed E-state index contributed by atoms with van der Waals surface area (Å²) >= 11 is 0. The molecule has 0 bridgehead atoms. The lowest BCUT2D eigenvalue weighted by molar-refractivity contribution is 0.0951. The highest BCUT2D eigenvalue weighted by molar-refractivity contribution is 5.95. The van der Waals surface area contributed by atoms with E-state index < -0.39 is 0 Å². The molecule has 0 fully saturated rings. The van der Waals surface area contributed by atoms with E-state index in [1.54, 1.807) is 18.7 Å². The van der Waals surface area contributed by atoms with Gasteiger partial charge in [0, 0.05) is 36.6 Å².